The van der Waals surface area contributed by atoms with Crippen LogP contribution in [0.3, 0.4) is 0 Å². The highest BCUT2D eigenvalue weighted by molar-refractivity contribution is 5.82. The number of hydrogen-bond acceptors (Lipinski definition) is 7. The Kier molecular flexibility index (Phi) is 6.58. The lowest BCUT2D eigenvalue weighted by atomic mass is 10.2. The minimum absolute atomic E-state index is 0.0722. The van der Waals surface area contributed by atoms with E-state index in [-0.39, 0.29) is 19.6 Å². The molecule has 0 aliphatic carbocycles. The third-order valence-corrected chi connectivity index (χ3v) is 3.10. The molecule has 1 saturated heterocycles. The van der Waals surface area contributed by atoms with Crippen LogP contribution in [0.25, 0.3) is 0 Å². The van der Waals surface area contributed by atoms with Crippen molar-refractivity contribution in [3.63, 3.8) is 0 Å². The number of nitrogens with zero attached hydrogens (tertiary/aromatic N) is 1. The van der Waals surface area contributed by atoms with E-state index in [2.05, 4.69) is 0 Å². The van der Waals surface area contributed by atoms with Crippen LogP contribution in [0, 0.1) is 0 Å². The predicted molar refractivity (Wildman–Crippen MR) is 76.2 cm³/mol. The van der Waals surface area contributed by atoms with Crippen molar-refractivity contribution < 1.29 is 34.0 Å². The Bertz CT molecular complexity index is 393. The molecule has 0 aromatic heterocycles. The SMILES string of the molecule is COC(=O)[C@H]1C[C@@H](OCC(O)CO)CN1C(=O)OC(C)(C)C. The van der Waals surface area contributed by atoms with E-state index in [4.69, 9.17) is 19.3 Å². The first kappa shape index (κ1) is 18.7. The van der Waals surface area contributed by atoms with Crippen LogP contribution in [0.2, 0.25) is 0 Å². The van der Waals surface area contributed by atoms with Gasteiger partial charge in [-0.15, -0.1) is 0 Å². The third-order valence-electron chi connectivity index (χ3n) is 3.10. The molecule has 0 aromatic carbocycles. The van der Waals surface area contributed by atoms with Crippen molar-refractivity contribution in [2.45, 2.75) is 51.0 Å². The van der Waals surface area contributed by atoms with Crippen molar-refractivity contribution in [2.24, 2.45) is 0 Å². The Morgan fingerprint density at radius 1 is 1.36 bits per heavy atom. The van der Waals surface area contributed by atoms with Crippen molar-refractivity contribution >= 4 is 12.1 Å². The maximum absolute atomic E-state index is 12.2. The van der Waals surface area contributed by atoms with Crippen LogP contribution < -0.4 is 0 Å². The summed E-state index contributed by atoms with van der Waals surface area (Å²) in [7, 11) is 1.25. The predicted octanol–water partition coefficient (Wildman–Crippen LogP) is -0.0928. The van der Waals surface area contributed by atoms with Crippen LogP contribution in [0.1, 0.15) is 27.2 Å². The average molecular weight is 319 g/mol. The van der Waals surface area contributed by atoms with Gasteiger partial charge in [0.05, 0.1) is 33.0 Å². The third kappa shape index (κ3) is 5.43. The van der Waals surface area contributed by atoms with E-state index in [1.165, 1.54) is 12.0 Å². The lowest BCUT2D eigenvalue weighted by Gasteiger charge is -2.27. The van der Waals surface area contributed by atoms with Gasteiger partial charge in [0, 0.05) is 6.42 Å². The monoisotopic (exact) mass is 319 g/mol. The quantitative estimate of drug-likeness (QED) is 0.682. The second-order valence-corrected chi connectivity index (χ2v) is 6.20. The first-order valence-electron chi connectivity index (χ1n) is 7.16. The summed E-state index contributed by atoms with van der Waals surface area (Å²) in [6.07, 6.45) is -1.79. The molecule has 2 N–H and O–H groups in total. The summed E-state index contributed by atoms with van der Waals surface area (Å²) in [6, 6.07) is -0.781. The van der Waals surface area contributed by atoms with Gasteiger partial charge in [-0.2, -0.15) is 0 Å². The number of aliphatic hydroxyl groups excluding tert-OH is 2. The number of aliphatic hydroxyl groups is 2. The van der Waals surface area contributed by atoms with Gasteiger partial charge in [-0.1, -0.05) is 0 Å². The van der Waals surface area contributed by atoms with Crippen LogP contribution in [-0.2, 0) is 19.0 Å². The summed E-state index contributed by atoms with van der Waals surface area (Å²) in [5.74, 6) is -0.542. The maximum Gasteiger partial charge on any atom is 0.411 e. The molecular formula is C14H25NO7. The van der Waals surface area contributed by atoms with E-state index < -0.39 is 42.5 Å². The highest BCUT2D eigenvalue weighted by Gasteiger charge is 2.42. The van der Waals surface area contributed by atoms with Crippen molar-refractivity contribution in [3.8, 4) is 0 Å². The molecule has 1 amide bonds. The zero-order valence-corrected chi connectivity index (χ0v) is 13.4. The molecule has 3 atom stereocenters. The number of methoxy groups -OCH3 is 1. The topological polar surface area (TPSA) is 106 Å². The van der Waals surface area contributed by atoms with E-state index >= 15 is 0 Å². The number of carbonyl (C=O) groups is 2. The largest absolute Gasteiger partial charge is 0.467 e. The smallest absolute Gasteiger partial charge is 0.411 e. The fraction of sp³-hybridized carbons (Fsp3) is 0.857. The minimum Gasteiger partial charge on any atom is -0.467 e. The zero-order valence-electron chi connectivity index (χ0n) is 13.4. The molecule has 0 bridgehead atoms. The molecule has 1 rings (SSSR count). The van der Waals surface area contributed by atoms with Crippen molar-refractivity contribution in [3.05, 3.63) is 0 Å². The van der Waals surface area contributed by atoms with Crippen LogP contribution in [0.4, 0.5) is 4.79 Å². The lowest BCUT2D eigenvalue weighted by molar-refractivity contribution is -0.145. The van der Waals surface area contributed by atoms with E-state index in [1.807, 2.05) is 0 Å². The van der Waals surface area contributed by atoms with Crippen LogP contribution in [0.15, 0.2) is 0 Å². The summed E-state index contributed by atoms with van der Waals surface area (Å²) < 4.78 is 15.4. The molecule has 1 heterocycles. The second kappa shape index (κ2) is 7.75. The summed E-state index contributed by atoms with van der Waals surface area (Å²) >= 11 is 0. The molecular weight excluding hydrogens is 294 g/mol. The zero-order chi connectivity index (χ0) is 16.9. The summed E-state index contributed by atoms with van der Waals surface area (Å²) in [5, 5.41) is 18.1. The van der Waals surface area contributed by atoms with E-state index in [0.29, 0.717) is 0 Å². The molecule has 8 nitrogen and oxygen atoms in total. The molecule has 22 heavy (non-hydrogen) atoms. The van der Waals surface area contributed by atoms with E-state index in [0.717, 1.165) is 0 Å². The Balaban J connectivity index is 2.71. The van der Waals surface area contributed by atoms with Crippen molar-refractivity contribution in [1.82, 2.24) is 4.90 Å². The number of rotatable bonds is 5. The summed E-state index contributed by atoms with van der Waals surface area (Å²) in [6.45, 7) is 4.88. The highest BCUT2D eigenvalue weighted by Crippen LogP contribution is 2.24. The summed E-state index contributed by atoms with van der Waals surface area (Å²) in [5.41, 5.74) is -0.677. The molecule has 0 spiro atoms. The first-order valence-corrected chi connectivity index (χ1v) is 7.16. The Morgan fingerprint density at radius 3 is 2.50 bits per heavy atom. The molecule has 0 saturated carbocycles. The fourth-order valence-corrected chi connectivity index (χ4v) is 2.10. The molecule has 0 aromatic rings. The van der Waals surface area contributed by atoms with E-state index in [9.17, 15) is 14.7 Å². The van der Waals surface area contributed by atoms with Crippen LogP contribution in [-0.4, -0.2) is 77.9 Å². The first-order chi connectivity index (χ1) is 10.2. The summed E-state index contributed by atoms with van der Waals surface area (Å²) in [4.78, 5) is 25.3. The van der Waals surface area contributed by atoms with Crippen molar-refractivity contribution in [2.75, 3.05) is 26.9 Å². The van der Waals surface area contributed by atoms with Gasteiger partial charge < -0.3 is 24.4 Å². The number of amides is 1. The normalized spacial score (nSPS) is 23.3. The molecule has 1 aliphatic heterocycles. The number of ether oxygens (including phenoxy) is 3. The van der Waals surface area contributed by atoms with Gasteiger partial charge in [-0.25, -0.2) is 9.59 Å². The van der Waals surface area contributed by atoms with Gasteiger partial charge in [0.25, 0.3) is 0 Å². The maximum atomic E-state index is 12.2. The van der Waals surface area contributed by atoms with Crippen LogP contribution in [0.5, 0.6) is 0 Å². The number of hydrogen-bond donors (Lipinski definition) is 2. The highest BCUT2D eigenvalue weighted by atomic mass is 16.6. The molecule has 1 aliphatic rings. The Morgan fingerprint density at radius 2 is 2.00 bits per heavy atom. The molecule has 128 valence electrons. The van der Waals surface area contributed by atoms with E-state index in [1.54, 1.807) is 20.8 Å². The van der Waals surface area contributed by atoms with Crippen molar-refractivity contribution in [1.29, 1.82) is 0 Å². The van der Waals surface area contributed by atoms with Gasteiger partial charge in [0.15, 0.2) is 0 Å². The Hall–Kier alpha value is -1.38. The Labute approximate surface area is 129 Å². The molecule has 1 fully saturated rings. The molecule has 8 heteroatoms. The van der Waals surface area contributed by atoms with Gasteiger partial charge in [-0.3, -0.25) is 4.90 Å². The van der Waals surface area contributed by atoms with Gasteiger partial charge in [-0.05, 0) is 20.8 Å². The van der Waals surface area contributed by atoms with Gasteiger partial charge in [0.1, 0.15) is 17.7 Å². The fourth-order valence-electron chi connectivity index (χ4n) is 2.10. The standard InChI is InChI=1S/C14H25NO7/c1-14(2,3)22-13(19)15-6-10(21-8-9(17)7-16)5-11(15)12(18)20-4/h9-11,16-17H,5-8H2,1-4H3/t9?,10-,11-/m1/s1. The van der Waals surface area contributed by atoms with Crippen LogP contribution >= 0.6 is 0 Å². The lowest BCUT2D eigenvalue weighted by Crippen LogP contribution is -2.44. The second-order valence-electron chi connectivity index (χ2n) is 6.20. The molecule has 1 unspecified atom stereocenters. The van der Waals surface area contributed by atoms with Gasteiger partial charge in [0.2, 0.25) is 0 Å². The molecule has 0 radical (unpaired) electrons. The van der Waals surface area contributed by atoms with Gasteiger partial charge >= 0.3 is 12.1 Å². The number of esters is 1. The number of carbonyl (C=O) groups excluding carboxylic acids is 2. The minimum atomic E-state index is -0.993. The number of likely N-dealkylation sites (tertiary alicyclic amines) is 1. The average Bonchev–Trinajstić information content (AvgIpc) is 2.86.